The van der Waals surface area contributed by atoms with Gasteiger partial charge in [-0.2, -0.15) is 0 Å². The summed E-state index contributed by atoms with van der Waals surface area (Å²) in [6, 6.07) is 7.33. The molecule has 5 heteroatoms. The summed E-state index contributed by atoms with van der Waals surface area (Å²) >= 11 is 0. The van der Waals surface area contributed by atoms with Gasteiger partial charge in [-0.1, -0.05) is 24.3 Å². The highest BCUT2D eigenvalue weighted by molar-refractivity contribution is 5.88. The monoisotopic (exact) mass is 303 g/mol. The van der Waals surface area contributed by atoms with E-state index in [1.165, 1.54) is 18.2 Å². The molecule has 0 heterocycles. The summed E-state index contributed by atoms with van der Waals surface area (Å²) in [5.41, 5.74) is 2.53. The average Bonchev–Trinajstić information content (AvgIpc) is 3.22. The molecule has 1 amide bonds. The van der Waals surface area contributed by atoms with Gasteiger partial charge in [0.2, 0.25) is 5.91 Å². The second kappa shape index (κ2) is 5.72. The van der Waals surface area contributed by atoms with E-state index >= 15 is 0 Å². The van der Waals surface area contributed by atoms with Crippen LogP contribution in [0.5, 0.6) is 0 Å². The van der Waals surface area contributed by atoms with Gasteiger partial charge in [-0.15, -0.1) is 0 Å². The largest absolute Gasteiger partial charge is 0.480 e. The zero-order chi connectivity index (χ0) is 15.7. The number of benzene rings is 1. The topological polar surface area (TPSA) is 75.6 Å². The predicted octanol–water partition coefficient (Wildman–Crippen LogP) is 1.50. The summed E-state index contributed by atoms with van der Waals surface area (Å²) in [7, 11) is 1.43. The molecule has 3 unspecified atom stereocenters. The Balaban J connectivity index is 1.74. The van der Waals surface area contributed by atoms with Crippen molar-refractivity contribution < 1.29 is 19.4 Å². The Labute approximate surface area is 129 Å². The van der Waals surface area contributed by atoms with Crippen molar-refractivity contribution in [2.75, 3.05) is 13.7 Å². The maximum atomic E-state index is 12.4. The summed E-state index contributed by atoms with van der Waals surface area (Å²) in [5.74, 6) is -1.34. The summed E-state index contributed by atoms with van der Waals surface area (Å²) in [4.78, 5) is 23.6. The van der Waals surface area contributed by atoms with Gasteiger partial charge in [0.25, 0.3) is 0 Å². The smallest absolute Gasteiger partial charge is 0.328 e. The van der Waals surface area contributed by atoms with Gasteiger partial charge in [-0.25, -0.2) is 4.79 Å². The first-order valence-electron chi connectivity index (χ1n) is 7.69. The van der Waals surface area contributed by atoms with E-state index in [0.717, 1.165) is 25.7 Å². The molecule has 118 valence electrons. The van der Waals surface area contributed by atoms with Crippen LogP contribution < -0.4 is 5.32 Å². The molecule has 0 radical (unpaired) electrons. The van der Waals surface area contributed by atoms with Gasteiger partial charge in [-0.3, -0.25) is 4.79 Å². The van der Waals surface area contributed by atoms with E-state index in [4.69, 9.17) is 9.84 Å². The minimum Gasteiger partial charge on any atom is -0.480 e. The lowest BCUT2D eigenvalue weighted by atomic mass is 9.78. The SMILES string of the molecule is COCC(NC(=O)C1CC12CCCc1ccccc12)C(=O)O. The molecule has 2 aliphatic carbocycles. The molecule has 3 rings (SSSR count). The fourth-order valence-corrected chi connectivity index (χ4v) is 3.79. The highest BCUT2D eigenvalue weighted by atomic mass is 16.5. The number of aryl methyl sites for hydroxylation is 1. The summed E-state index contributed by atoms with van der Waals surface area (Å²) in [5, 5.41) is 11.7. The molecule has 5 nitrogen and oxygen atoms in total. The lowest BCUT2D eigenvalue weighted by molar-refractivity contribution is -0.143. The molecule has 22 heavy (non-hydrogen) atoms. The number of methoxy groups -OCH3 is 1. The molecule has 0 aromatic heterocycles. The summed E-state index contributed by atoms with van der Waals surface area (Å²) < 4.78 is 4.86. The lowest BCUT2D eigenvalue weighted by Crippen LogP contribution is -2.45. The van der Waals surface area contributed by atoms with Crippen LogP contribution in [-0.4, -0.2) is 36.7 Å². The number of amides is 1. The molecular weight excluding hydrogens is 282 g/mol. The maximum Gasteiger partial charge on any atom is 0.328 e. The Morgan fingerprint density at radius 1 is 1.45 bits per heavy atom. The fourth-order valence-electron chi connectivity index (χ4n) is 3.79. The van der Waals surface area contributed by atoms with E-state index in [0.29, 0.717) is 0 Å². The number of ether oxygens (including phenoxy) is 1. The Kier molecular flexibility index (Phi) is 3.91. The molecule has 0 saturated heterocycles. The van der Waals surface area contributed by atoms with Crippen molar-refractivity contribution in [1.82, 2.24) is 5.32 Å². The molecule has 0 aliphatic heterocycles. The van der Waals surface area contributed by atoms with Gasteiger partial charge >= 0.3 is 5.97 Å². The van der Waals surface area contributed by atoms with E-state index in [1.54, 1.807) is 0 Å². The molecule has 2 aliphatic rings. The summed E-state index contributed by atoms with van der Waals surface area (Å²) in [6.07, 6.45) is 3.97. The normalized spacial score (nSPS) is 27.0. The quantitative estimate of drug-likeness (QED) is 0.864. The third-order valence-electron chi connectivity index (χ3n) is 4.96. The molecule has 3 atom stereocenters. The Hall–Kier alpha value is -1.88. The van der Waals surface area contributed by atoms with E-state index in [2.05, 4.69) is 17.4 Å². The highest BCUT2D eigenvalue weighted by Gasteiger charge is 2.60. The molecule has 1 saturated carbocycles. The number of carbonyl (C=O) groups excluding carboxylic acids is 1. The van der Waals surface area contributed by atoms with E-state index < -0.39 is 12.0 Å². The van der Waals surface area contributed by atoms with Crippen LogP contribution >= 0.6 is 0 Å². The third kappa shape index (κ3) is 2.50. The van der Waals surface area contributed by atoms with Gasteiger partial charge in [0.1, 0.15) is 0 Å². The van der Waals surface area contributed by atoms with E-state index in [-0.39, 0.29) is 23.8 Å². The van der Waals surface area contributed by atoms with E-state index in [1.807, 2.05) is 12.1 Å². The molecule has 0 bridgehead atoms. The second-order valence-corrected chi connectivity index (χ2v) is 6.28. The van der Waals surface area contributed by atoms with Gasteiger partial charge < -0.3 is 15.2 Å². The summed E-state index contributed by atoms with van der Waals surface area (Å²) in [6.45, 7) is -0.0165. The third-order valence-corrected chi connectivity index (χ3v) is 4.96. The Morgan fingerprint density at radius 3 is 2.95 bits per heavy atom. The number of hydrogen-bond donors (Lipinski definition) is 2. The van der Waals surface area contributed by atoms with Gasteiger partial charge in [-0.05, 0) is 36.8 Å². The number of hydrogen-bond acceptors (Lipinski definition) is 3. The van der Waals surface area contributed by atoms with Crippen LogP contribution in [-0.2, 0) is 26.2 Å². The number of carboxylic acids is 1. The molecular formula is C17H21NO4. The molecule has 1 fully saturated rings. The van der Waals surface area contributed by atoms with Crippen LogP contribution in [0.2, 0.25) is 0 Å². The van der Waals surface area contributed by atoms with E-state index in [9.17, 15) is 9.59 Å². The minimum absolute atomic E-state index is 0.0165. The first-order valence-corrected chi connectivity index (χ1v) is 7.69. The molecule has 1 spiro atoms. The van der Waals surface area contributed by atoms with Crippen LogP contribution in [0.3, 0.4) is 0 Å². The maximum absolute atomic E-state index is 12.4. The number of aliphatic carboxylic acids is 1. The number of carboxylic acid groups (broad SMARTS) is 1. The van der Waals surface area contributed by atoms with Crippen LogP contribution in [0, 0.1) is 5.92 Å². The van der Waals surface area contributed by atoms with Crippen molar-refractivity contribution in [2.24, 2.45) is 5.92 Å². The Bertz CT molecular complexity index is 600. The van der Waals surface area contributed by atoms with Gasteiger partial charge in [0, 0.05) is 18.4 Å². The van der Waals surface area contributed by atoms with Crippen molar-refractivity contribution in [3.63, 3.8) is 0 Å². The molecule has 2 N–H and O–H groups in total. The van der Waals surface area contributed by atoms with Crippen LogP contribution in [0.1, 0.15) is 30.4 Å². The van der Waals surface area contributed by atoms with Crippen molar-refractivity contribution in [3.05, 3.63) is 35.4 Å². The Morgan fingerprint density at radius 2 is 2.23 bits per heavy atom. The zero-order valence-corrected chi connectivity index (χ0v) is 12.7. The van der Waals surface area contributed by atoms with Crippen LogP contribution in [0.15, 0.2) is 24.3 Å². The lowest BCUT2D eigenvalue weighted by Gasteiger charge is -2.26. The zero-order valence-electron chi connectivity index (χ0n) is 12.7. The second-order valence-electron chi connectivity index (χ2n) is 6.28. The van der Waals surface area contributed by atoms with Crippen LogP contribution in [0.25, 0.3) is 0 Å². The average molecular weight is 303 g/mol. The molecule has 1 aromatic carbocycles. The predicted molar refractivity (Wildman–Crippen MR) is 80.6 cm³/mol. The molecule has 1 aromatic rings. The number of fused-ring (bicyclic) bond motifs is 2. The van der Waals surface area contributed by atoms with Gasteiger partial charge in [0.05, 0.1) is 6.61 Å². The number of carbonyl (C=O) groups is 2. The van der Waals surface area contributed by atoms with Crippen molar-refractivity contribution >= 4 is 11.9 Å². The van der Waals surface area contributed by atoms with Crippen molar-refractivity contribution in [3.8, 4) is 0 Å². The minimum atomic E-state index is -1.06. The van der Waals surface area contributed by atoms with Crippen molar-refractivity contribution in [2.45, 2.75) is 37.1 Å². The number of nitrogens with one attached hydrogen (secondary N) is 1. The van der Waals surface area contributed by atoms with Crippen molar-refractivity contribution in [1.29, 1.82) is 0 Å². The number of rotatable bonds is 5. The first kappa shape index (κ1) is 15.0. The standard InChI is InChI=1S/C17H21NO4/c1-22-10-14(16(20)21)18-15(19)13-9-17(13)8-4-6-11-5-2-3-7-12(11)17/h2-3,5,7,13-14H,4,6,8-10H2,1H3,(H,18,19)(H,20,21). The first-order chi connectivity index (χ1) is 10.6. The van der Waals surface area contributed by atoms with Gasteiger partial charge in [0.15, 0.2) is 6.04 Å². The highest BCUT2D eigenvalue weighted by Crippen LogP contribution is 2.60. The fraction of sp³-hybridized carbons (Fsp3) is 0.529. The van der Waals surface area contributed by atoms with Crippen LogP contribution in [0.4, 0.5) is 0 Å².